The summed E-state index contributed by atoms with van der Waals surface area (Å²) in [4.78, 5) is 37.1. The fourth-order valence-corrected chi connectivity index (χ4v) is 4.13. The smallest absolute Gasteiger partial charge is 0.367 e. The number of aromatic nitrogens is 5. The van der Waals surface area contributed by atoms with E-state index in [4.69, 9.17) is 20.0 Å². The number of phosphoric acid groups is 1. The summed E-state index contributed by atoms with van der Waals surface area (Å²) in [5.41, 5.74) is 1.26. The maximum atomic E-state index is 14.5. The largest absolute Gasteiger partial charge is 0.471 e. The number of benzene rings is 1. The molecule has 5 N–H and O–H groups in total. The molecule has 19 heteroatoms. The topological polar surface area (TPSA) is 192 Å². The summed E-state index contributed by atoms with van der Waals surface area (Å²) in [7, 11) is -5.93. The molecule has 40 heavy (non-hydrogen) atoms. The second-order valence-corrected chi connectivity index (χ2v) is 9.23. The number of carbonyl (C=O) groups excluding carboxylic acids is 1. The van der Waals surface area contributed by atoms with E-state index in [2.05, 4.69) is 24.7 Å². The van der Waals surface area contributed by atoms with E-state index >= 15 is 0 Å². The maximum absolute atomic E-state index is 14.5. The van der Waals surface area contributed by atoms with E-state index in [-0.39, 0.29) is 35.0 Å². The van der Waals surface area contributed by atoms with Gasteiger partial charge in [-0.25, -0.2) is 23.3 Å². The molecule has 0 unspecified atom stereocenters. The third kappa shape index (κ3) is 5.99. The third-order valence-corrected chi connectivity index (χ3v) is 5.92. The quantitative estimate of drug-likeness (QED) is 0.157. The van der Waals surface area contributed by atoms with Crippen molar-refractivity contribution in [3.05, 3.63) is 66.1 Å². The first-order valence-electron chi connectivity index (χ1n) is 10.8. The van der Waals surface area contributed by atoms with Crippen LogP contribution in [-0.2, 0) is 20.4 Å². The van der Waals surface area contributed by atoms with E-state index in [9.17, 15) is 31.3 Å². The Balaban J connectivity index is 1.71. The van der Waals surface area contributed by atoms with Crippen LogP contribution in [0, 0.1) is 11.6 Å². The number of hydrogen-bond acceptors (Lipinski definition) is 9. The summed E-state index contributed by atoms with van der Waals surface area (Å²) < 4.78 is 90.9. The molecule has 1 atom stereocenters. The van der Waals surface area contributed by atoms with Crippen molar-refractivity contribution < 1.29 is 50.1 Å². The van der Waals surface area contributed by atoms with Crippen molar-refractivity contribution in [1.82, 2.24) is 24.9 Å². The van der Waals surface area contributed by atoms with Crippen molar-refractivity contribution in [2.24, 2.45) is 5.73 Å². The van der Waals surface area contributed by atoms with Gasteiger partial charge in [0.15, 0.2) is 17.5 Å². The maximum Gasteiger partial charge on any atom is 0.471 e. The molecule has 0 aliphatic rings. The Kier molecular flexibility index (Phi) is 7.71. The number of rotatable bonds is 10. The first-order chi connectivity index (χ1) is 18.7. The lowest BCUT2D eigenvalue weighted by Gasteiger charge is -2.32. The molecular formula is C21H17F5N7O6P. The third-order valence-electron chi connectivity index (χ3n) is 5.37. The minimum atomic E-state index is -5.93. The lowest BCUT2D eigenvalue weighted by Crippen LogP contribution is -2.61. The molecule has 0 spiro atoms. The number of phosphoric ester groups is 1. The van der Waals surface area contributed by atoms with Crippen LogP contribution in [0.1, 0.15) is 5.56 Å². The number of nitrogens with zero attached hydrogens (tertiary/aromatic N) is 5. The Hall–Kier alpha value is -4.25. The van der Waals surface area contributed by atoms with Crippen LogP contribution in [0.3, 0.4) is 0 Å². The van der Waals surface area contributed by atoms with Crippen molar-refractivity contribution in [2.45, 2.75) is 18.3 Å². The molecule has 0 radical (unpaired) electrons. The zero-order valence-corrected chi connectivity index (χ0v) is 20.6. The number of carbonyl (C=O) groups is 1. The highest BCUT2D eigenvalue weighted by Gasteiger charge is 2.64. The van der Waals surface area contributed by atoms with Crippen molar-refractivity contribution in [3.8, 4) is 22.9 Å². The molecule has 4 rings (SSSR count). The number of nitrogens with one attached hydrogen (secondary N) is 1. The van der Waals surface area contributed by atoms with Gasteiger partial charge in [0.25, 0.3) is 11.5 Å². The van der Waals surface area contributed by atoms with Crippen LogP contribution in [0.25, 0.3) is 22.9 Å². The first kappa shape index (κ1) is 28.8. The number of hydrogen-bond donors (Lipinski definition) is 4. The van der Waals surface area contributed by atoms with E-state index in [0.29, 0.717) is 6.20 Å². The highest BCUT2D eigenvalue weighted by Crippen LogP contribution is 2.47. The molecule has 0 aliphatic heterocycles. The predicted molar refractivity (Wildman–Crippen MR) is 124 cm³/mol. The van der Waals surface area contributed by atoms with Gasteiger partial charge in [0.05, 0.1) is 25.0 Å². The van der Waals surface area contributed by atoms with Crippen LogP contribution < -0.4 is 11.1 Å². The molecule has 4 aromatic rings. The summed E-state index contributed by atoms with van der Waals surface area (Å²) in [6, 6.07) is 8.67. The van der Waals surface area contributed by atoms with Gasteiger partial charge in [-0.3, -0.25) is 14.0 Å². The number of amides is 1. The average Bonchev–Trinajstić information content (AvgIpc) is 3.52. The van der Waals surface area contributed by atoms with E-state index in [1.54, 1.807) is 6.07 Å². The molecule has 13 nitrogen and oxygen atoms in total. The molecule has 0 aliphatic carbocycles. The van der Waals surface area contributed by atoms with Gasteiger partial charge < -0.3 is 25.4 Å². The van der Waals surface area contributed by atoms with E-state index in [1.807, 2.05) is 5.32 Å². The molecular weight excluding hydrogens is 572 g/mol. The fraction of sp³-hybridized carbons (Fsp3) is 0.190. The second-order valence-electron chi connectivity index (χ2n) is 8.06. The van der Waals surface area contributed by atoms with Crippen molar-refractivity contribution >= 4 is 19.5 Å². The van der Waals surface area contributed by atoms with Crippen LogP contribution in [0.2, 0.25) is 0 Å². The van der Waals surface area contributed by atoms with Crippen molar-refractivity contribution in [3.63, 3.8) is 0 Å². The lowest BCUT2D eigenvalue weighted by atomic mass is 10.0. The Morgan fingerprint density at radius 2 is 1.88 bits per heavy atom. The van der Waals surface area contributed by atoms with Gasteiger partial charge in [0.2, 0.25) is 0 Å². The SMILES string of the molecule is NC(=O)[C@@](CNc1nc(-c2cc(-c3ccon3)n(Cc3ccccc3F)n2)ncc1F)(OP(=O)(O)O)C(F)(F)F. The summed E-state index contributed by atoms with van der Waals surface area (Å²) in [6.45, 7) is -1.87. The van der Waals surface area contributed by atoms with Gasteiger partial charge in [0.1, 0.15) is 23.5 Å². The molecule has 0 fully saturated rings. The van der Waals surface area contributed by atoms with Gasteiger partial charge >= 0.3 is 14.0 Å². The van der Waals surface area contributed by atoms with E-state index in [0.717, 1.165) is 0 Å². The second kappa shape index (κ2) is 10.7. The highest BCUT2D eigenvalue weighted by molar-refractivity contribution is 7.46. The minimum Gasteiger partial charge on any atom is -0.367 e. The summed E-state index contributed by atoms with van der Waals surface area (Å²) in [6.07, 6.45) is -3.91. The van der Waals surface area contributed by atoms with Crippen molar-refractivity contribution in [2.75, 3.05) is 11.9 Å². The molecule has 1 aromatic carbocycles. The predicted octanol–water partition coefficient (Wildman–Crippen LogP) is 2.63. The normalized spacial score (nSPS) is 13.7. The Labute approximate surface area is 220 Å². The lowest BCUT2D eigenvalue weighted by molar-refractivity contribution is -0.239. The molecule has 3 aromatic heterocycles. The van der Waals surface area contributed by atoms with Gasteiger partial charge in [-0.05, 0) is 12.1 Å². The first-order valence-corrected chi connectivity index (χ1v) is 12.3. The highest BCUT2D eigenvalue weighted by atomic mass is 31.2. The van der Waals surface area contributed by atoms with Crippen LogP contribution in [-0.4, -0.2) is 58.9 Å². The fourth-order valence-electron chi connectivity index (χ4n) is 3.47. The van der Waals surface area contributed by atoms with Crippen LogP contribution in [0.4, 0.5) is 27.8 Å². The van der Waals surface area contributed by atoms with Crippen molar-refractivity contribution in [1.29, 1.82) is 0 Å². The Morgan fingerprint density at radius 3 is 2.48 bits per heavy atom. The molecule has 3 heterocycles. The van der Waals surface area contributed by atoms with E-state index in [1.165, 1.54) is 41.3 Å². The standard InChI is InChI=1S/C21H17F5N7O6P/c22-12-4-2-1-3-11(12)9-33-16(14-5-6-38-32-14)7-15(31-33)18-28-8-13(23)17(30-18)29-10-20(19(27)34,21(24,25)26)39-40(35,36)37/h1-8H,9-10H2,(H2,27,34)(H,28,29,30)(H2,35,36,37)/t20-/m1/s1. The van der Waals surface area contributed by atoms with E-state index < -0.39 is 49.5 Å². The van der Waals surface area contributed by atoms with Crippen LogP contribution >= 0.6 is 7.82 Å². The number of nitrogens with two attached hydrogens (primary N) is 1. The summed E-state index contributed by atoms with van der Waals surface area (Å²) in [5, 5.41) is 9.93. The van der Waals surface area contributed by atoms with Gasteiger partial charge in [-0.15, -0.1) is 0 Å². The molecule has 0 saturated carbocycles. The molecule has 0 saturated heterocycles. The number of primary amides is 1. The molecule has 1 amide bonds. The Morgan fingerprint density at radius 1 is 1.15 bits per heavy atom. The van der Waals surface area contributed by atoms with Gasteiger partial charge in [-0.1, -0.05) is 23.4 Å². The minimum absolute atomic E-state index is 0.0548. The zero-order chi connectivity index (χ0) is 29.3. The molecule has 212 valence electrons. The monoisotopic (exact) mass is 589 g/mol. The average molecular weight is 589 g/mol. The number of alkyl halides is 3. The van der Waals surface area contributed by atoms with Crippen LogP contribution in [0.5, 0.6) is 0 Å². The number of halogens is 5. The zero-order valence-electron chi connectivity index (χ0n) is 19.7. The van der Waals surface area contributed by atoms with Crippen LogP contribution in [0.15, 0.2) is 53.4 Å². The summed E-state index contributed by atoms with van der Waals surface area (Å²) in [5.74, 6) is -5.40. The summed E-state index contributed by atoms with van der Waals surface area (Å²) >= 11 is 0. The van der Waals surface area contributed by atoms with Gasteiger partial charge in [0, 0.05) is 11.6 Å². The van der Waals surface area contributed by atoms with Gasteiger partial charge in [-0.2, -0.15) is 18.3 Å². The number of anilines is 1. The Bertz CT molecular complexity index is 1580. The molecule has 0 bridgehead atoms.